The number of rotatable bonds is 2. The Balaban J connectivity index is 2.05. The van der Waals surface area contributed by atoms with Crippen LogP contribution in [0.4, 0.5) is 5.69 Å². The number of carbonyl (C=O) groups excluding carboxylic acids is 1. The third kappa shape index (κ3) is 2.58. The monoisotopic (exact) mass is 234 g/mol. The molecule has 0 spiro atoms. The van der Waals surface area contributed by atoms with E-state index in [1.807, 2.05) is 0 Å². The van der Waals surface area contributed by atoms with E-state index in [4.69, 9.17) is 0 Å². The van der Waals surface area contributed by atoms with E-state index < -0.39 is 0 Å². The fourth-order valence-corrected chi connectivity index (χ4v) is 2.14. The summed E-state index contributed by atoms with van der Waals surface area (Å²) in [6.45, 7) is 4.78. The van der Waals surface area contributed by atoms with E-state index >= 15 is 0 Å². The van der Waals surface area contributed by atoms with Crippen LogP contribution in [0.5, 0.6) is 5.75 Å². The molecular weight excluding hydrogens is 216 g/mol. The number of phenols is 1. The molecule has 0 bridgehead atoms. The van der Waals surface area contributed by atoms with Gasteiger partial charge in [0.2, 0.25) is 5.91 Å². The van der Waals surface area contributed by atoms with Crippen LogP contribution >= 0.6 is 0 Å². The van der Waals surface area contributed by atoms with Crippen LogP contribution in [0, 0.1) is 12.8 Å². The van der Waals surface area contributed by atoms with Crippen LogP contribution in [0.3, 0.4) is 0 Å². The Labute approximate surface area is 101 Å². The number of aromatic hydroxyl groups is 1. The van der Waals surface area contributed by atoms with Crippen LogP contribution in [0.25, 0.3) is 0 Å². The van der Waals surface area contributed by atoms with Crippen molar-refractivity contribution in [1.82, 2.24) is 5.32 Å². The first-order chi connectivity index (χ1) is 8.08. The number of hydrogen-bond donors (Lipinski definition) is 3. The summed E-state index contributed by atoms with van der Waals surface area (Å²) in [5.41, 5.74) is 1.49. The predicted molar refractivity (Wildman–Crippen MR) is 67.0 cm³/mol. The zero-order valence-electron chi connectivity index (χ0n) is 10.2. The molecule has 1 fully saturated rings. The van der Waals surface area contributed by atoms with Gasteiger partial charge in [0, 0.05) is 5.69 Å². The van der Waals surface area contributed by atoms with Gasteiger partial charge in [-0.05, 0) is 49.6 Å². The quantitative estimate of drug-likeness (QED) is 0.682. The van der Waals surface area contributed by atoms with Gasteiger partial charge in [0.1, 0.15) is 5.75 Å². The van der Waals surface area contributed by atoms with Crippen LogP contribution < -0.4 is 10.6 Å². The molecule has 4 nitrogen and oxygen atoms in total. The standard InChI is InChI=1S/C13H18N2O2/c1-8-5-6-14-12(8)13(17)15-10-3-4-11(16)9(2)7-10/h3-4,7-8,12,14,16H,5-6H2,1-2H3,(H,15,17). The first-order valence-electron chi connectivity index (χ1n) is 5.92. The van der Waals surface area contributed by atoms with Crippen molar-refractivity contribution >= 4 is 11.6 Å². The molecule has 92 valence electrons. The summed E-state index contributed by atoms with van der Waals surface area (Å²) in [6, 6.07) is 4.97. The average Bonchev–Trinajstić information content (AvgIpc) is 2.70. The number of anilines is 1. The number of carbonyl (C=O) groups is 1. The van der Waals surface area contributed by atoms with E-state index in [9.17, 15) is 9.90 Å². The van der Waals surface area contributed by atoms with Crippen molar-refractivity contribution in [2.75, 3.05) is 11.9 Å². The van der Waals surface area contributed by atoms with E-state index in [1.54, 1.807) is 25.1 Å². The molecular formula is C13H18N2O2. The van der Waals surface area contributed by atoms with E-state index in [1.165, 1.54) is 0 Å². The van der Waals surface area contributed by atoms with E-state index in [-0.39, 0.29) is 17.7 Å². The van der Waals surface area contributed by atoms with E-state index in [2.05, 4.69) is 17.6 Å². The second-order valence-electron chi connectivity index (χ2n) is 4.69. The molecule has 2 rings (SSSR count). The van der Waals surface area contributed by atoms with Gasteiger partial charge < -0.3 is 15.7 Å². The highest BCUT2D eigenvalue weighted by molar-refractivity contribution is 5.95. The number of phenolic OH excluding ortho intramolecular Hbond substituents is 1. The third-order valence-electron chi connectivity index (χ3n) is 3.28. The van der Waals surface area contributed by atoms with Crippen molar-refractivity contribution < 1.29 is 9.90 Å². The Hall–Kier alpha value is -1.55. The molecule has 0 aliphatic carbocycles. The second kappa shape index (κ2) is 4.75. The lowest BCUT2D eigenvalue weighted by Crippen LogP contribution is -2.39. The Kier molecular flexibility index (Phi) is 3.33. The summed E-state index contributed by atoms with van der Waals surface area (Å²) in [4.78, 5) is 12.0. The minimum atomic E-state index is -0.107. The summed E-state index contributed by atoms with van der Waals surface area (Å²) < 4.78 is 0. The smallest absolute Gasteiger partial charge is 0.241 e. The number of nitrogens with one attached hydrogen (secondary N) is 2. The number of amides is 1. The summed E-state index contributed by atoms with van der Waals surface area (Å²) >= 11 is 0. The van der Waals surface area contributed by atoms with Gasteiger partial charge >= 0.3 is 0 Å². The van der Waals surface area contributed by atoms with Gasteiger partial charge in [-0.1, -0.05) is 6.92 Å². The lowest BCUT2D eigenvalue weighted by atomic mass is 10.0. The Morgan fingerprint density at radius 3 is 2.88 bits per heavy atom. The van der Waals surface area contributed by atoms with Gasteiger partial charge in [-0.15, -0.1) is 0 Å². The third-order valence-corrected chi connectivity index (χ3v) is 3.28. The van der Waals surface area contributed by atoms with E-state index in [0.29, 0.717) is 5.92 Å². The lowest BCUT2D eigenvalue weighted by Gasteiger charge is -2.15. The van der Waals surface area contributed by atoms with Gasteiger partial charge in [-0.3, -0.25) is 4.79 Å². The molecule has 4 heteroatoms. The Morgan fingerprint density at radius 2 is 2.29 bits per heavy atom. The zero-order valence-corrected chi connectivity index (χ0v) is 10.2. The molecule has 0 aromatic heterocycles. The fraction of sp³-hybridized carbons (Fsp3) is 0.462. The van der Waals surface area contributed by atoms with Crippen LogP contribution in [0.2, 0.25) is 0 Å². The maximum Gasteiger partial charge on any atom is 0.241 e. The highest BCUT2D eigenvalue weighted by Gasteiger charge is 2.29. The molecule has 0 radical (unpaired) electrons. The normalized spacial score (nSPS) is 23.6. The summed E-state index contributed by atoms with van der Waals surface area (Å²) in [5, 5.41) is 15.5. The summed E-state index contributed by atoms with van der Waals surface area (Å²) in [7, 11) is 0. The van der Waals surface area contributed by atoms with Crippen LogP contribution in [0.1, 0.15) is 18.9 Å². The summed E-state index contributed by atoms with van der Waals surface area (Å²) in [5.74, 6) is 0.615. The van der Waals surface area contributed by atoms with Crippen LogP contribution in [-0.2, 0) is 4.79 Å². The maximum absolute atomic E-state index is 12.0. The van der Waals surface area contributed by atoms with Gasteiger partial charge in [0.15, 0.2) is 0 Å². The Morgan fingerprint density at radius 1 is 1.53 bits per heavy atom. The molecule has 1 aliphatic heterocycles. The molecule has 1 aliphatic rings. The second-order valence-corrected chi connectivity index (χ2v) is 4.69. The van der Waals surface area contributed by atoms with Gasteiger partial charge in [0.05, 0.1) is 6.04 Å². The molecule has 0 saturated carbocycles. The minimum absolute atomic E-state index is 0.0000831. The topological polar surface area (TPSA) is 61.4 Å². The highest BCUT2D eigenvalue weighted by Crippen LogP contribution is 2.21. The Bertz CT molecular complexity index is 431. The molecule has 1 amide bonds. The molecule has 1 aromatic carbocycles. The van der Waals surface area contributed by atoms with Crippen LogP contribution in [-0.4, -0.2) is 23.6 Å². The fourth-order valence-electron chi connectivity index (χ4n) is 2.14. The molecule has 1 heterocycles. The van der Waals surface area contributed by atoms with Crippen molar-refractivity contribution in [3.63, 3.8) is 0 Å². The van der Waals surface area contributed by atoms with Crippen molar-refractivity contribution in [2.45, 2.75) is 26.3 Å². The first kappa shape index (κ1) is 11.9. The molecule has 2 unspecified atom stereocenters. The molecule has 17 heavy (non-hydrogen) atoms. The molecule has 1 saturated heterocycles. The molecule has 1 aromatic rings. The predicted octanol–water partition coefficient (Wildman–Crippen LogP) is 1.64. The minimum Gasteiger partial charge on any atom is -0.508 e. The number of hydrogen-bond acceptors (Lipinski definition) is 3. The van der Waals surface area contributed by atoms with Crippen molar-refractivity contribution in [3.05, 3.63) is 23.8 Å². The average molecular weight is 234 g/mol. The SMILES string of the molecule is Cc1cc(NC(=O)C2NCCC2C)ccc1O. The van der Waals surface area contributed by atoms with Crippen molar-refractivity contribution in [1.29, 1.82) is 0 Å². The zero-order chi connectivity index (χ0) is 12.4. The van der Waals surface area contributed by atoms with Gasteiger partial charge in [0.25, 0.3) is 0 Å². The molecule has 3 N–H and O–H groups in total. The van der Waals surface area contributed by atoms with Crippen molar-refractivity contribution in [2.24, 2.45) is 5.92 Å². The number of aryl methyl sites for hydroxylation is 1. The number of benzene rings is 1. The maximum atomic E-state index is 12.0. The summed E-state index contributed by atoms with van der Waals surface area (Å²) in [6.07, 6.45) is 1.03. The lowest BCUT2D eigenvalue weighted by molar-refractivity contribution is -0.118. The molecule has 2 atom stereocenters. The van der Waals surface area contributed by atoms with Gasteiger partial charge in [-0.25, -0.2) is 0 Å². The first-order valence-corrected chi connectivity index (χ1v) is 5.92. The van der Waals surface area contributed by atoms with Gasteiger partial charge in [-0.2, -0.15) is 0 Å². The largest absolute Gasteiger partial charge is 0.508 e. The van der Waals surface area contributed by atoms with E-state index in [0.717, 1.165) is 24.2 Å². The van der Waals surface area contributed by atoms with Crippen LogP contribution in [0.15, 0.2) is 18.2 Å². The highest BCUT2D eigenvalue weighted by atomic mass is 16.3. The van der Waals surface area contributed by atoms with Crippen molar-refractivity contribution in [3.8, 4) is 5.75 Å².